The van der Waals surface area contributed by atoms with Gasteiger partial charge in [0, 0.05) is 23.1 Å². The van der Waals surface area contributed by atoms with Gasteiger partial charge in [-0.3, -0.25) is 0 Å². The number of hydrogen-bond acceptors (Lipinski definition) is 3. The van der Waals surface area contributed by atoms with Crippen LogP contribution in [0.3, 0.4) is 0 Å². The number of fused-ring (bicyclic) bond motifs is 2. The van der Waals surface area contributed by atoms with Crippen molar-refractivity contribution in [2.24, 2.45) is 0 Å². The van der Waals surface area contributed by atoms with E-state index in [2.05, 4.69) is 5.10 Å². The highest BCUT2D eigenvalue weighted by Crippen LogP contribution is 2.35. The lowest BCUT2D eigenvalue weighted by atomic mass is 10.0. The van der Waals surface area contributed by atoms with Crippen LogP contribution in [0.4, 0.5) is 13.2 Å². The van der Waals surface area contributed by atoms with E-state index in [1.165, 1.54) is 19.5 Å². The van der Waals surface area contributed by atoms with Crippen LogP contribution in [0.15, 0.2) is 54.9 Å². The van der Waals surface area contributed by atoms with Crippen LogP contribution in [0.5, 0.6) is 5.88 Å². The van der Waals surface area contributed by atoms with E-state index in [1.54, 1.807) is 30.3 Å². The molecule has 3 heterocycles. The average molecular weight is 359 g/mol. The Morgan fingerprint density at radius 1 is 1.08 bits per heavy atom. The molecule has 0 fully saturated rings. The van der Waals surface area contributed by atoms with Crippen LogP contribution < -0.4 is 9.47 Å². The molecule has 0 saturated heterocycles. The van der Waals surface area contributed by atoms with Crippen molar-refractivity contribution in [3.63, 3.8) is 0 Å². The summed E-state index contributed by atoms with van der Waals surface area (Å²) in [6, 6.07) is 11.2. The Bertz CT molecular complexity index is 1140. The number of hydrogen-bond donors (Lipinski definition) is 0. The van der Waals surface area contributed by atoms with Crippen molar-refractivity contribution in [1.82, 2.24) is 9.61 Å². The van der Waals surface area contributed by atoms with E-state index in [-0.39, 0.29) is 11.4 Å². The van der Waals surface area contributed by atoms with Crippen molar-refractivity contribution in [3.8, 4) is 17.0 Å². The zero-order valence-electron chi connectivity index (χ0n) is 13.5. The van der Waals surface area contributed by atoms with Gasteiger partial charge in [-0.05, 0) is 35.2 Å². The monoisotopic (exact) mass is 359 g/mol. The van der Waals surface area contributed by atoms with Gasteiger partial charge in [-0.25, -0.2) is 0 Å². The maximum Gasteiger partial charge on any atom is 0.435 e. The largest absolute Gasteiger partial charge is 0.619 e. The molecule has 5 nitrogen and oxygen atoms in total. The number of ether oxygens (including phenoxy) is 1. The van der Waals surface area contributed by atoms with Gasteiger partial charge >= 0.3 is 6.18 Å². The second-order valence-corrected chi connectivity index (χ2v) is 5.76. The van der Waals surface area contributed by atoms with E-state index in [9.17, 15) is 18.4 Å². The third-order valence-corrected chi connectivity index (χ3v) is 4.15. The van der Waals surface area contributed by atoms with Gasteiger partial charge in [0.15, 0.2) is 18.1 Å². The second kappa shape index (κ2) is 5.62. The molecule has 132 valence electrons. The van der Waals surface area contributed by atoms with Crippen LogP contribution >= 0.6 is 0 Å². The molecule has 8 heteroatoms. The van der Waals surface area contributed by atoms with Gasteiger partial charge in [0.2, 0.25) is 5.88 Å². The number of methoxy groups -OCH3 is 1. The van der Waals surface area contributed by atoms with Crippen molar-refractivity contribution in [2.45, 2.75) is 6.18 Å². The molecule has 26 heavy (non-hydrogen) atoms. The lowest BCUT2D eigenvalue weighted by Gasteiger charge is -2.09. The minimum absolute atomic E-state index is 0.201. The normalized spacial score (nSPS) is 12.0. The molecule has 4 aromatic rings. The van der Waals surface area contributed by atoms with Crippen molar-refractivity contribution in [2.75, 3.05) is 7.11 Å². The van der Waals surface area contributed by atoms with Crippen molar-refractivity contribution < 1.29 is 22.6 Å². The molecule has 1 aromatic carbocycles. The van der Waals surface area contributed by atoms with E-state index in [0.717, 1.165) is 21.4 Å². The molecule has 0 bridgehead atoms. The first kappa shape index (κ1) is 16.2. The molecule has 0 N–H and O–H groups in total. The summed E-state index contributed by atoms with van der Waals surface area (Å²) in [5, 5.41) is 16.5. The maximum atomic E-state index is 13.1. The third-order valence-electron chi connectivity index (χ3n) is 4.15. The van der Waals surface area contributed by atoms with E-state index in [0.29, 0.717) is 15.9 Å². The molecule has 0 spiro atoms. The van der Waals surface area contributed by atoms with Gasteiger partial charge < -0.3 is 9.94 Å². The lowest BCUT2D eigenvalue weighted by Crippen LogP contribution is -2.23. The van der Waals surface area contributed by atoms with Crippen LogP contribution in [-0.2, 0) is 6.18 Å². The van der Waals surface area contributed by atoms with Crippen LogP contribution in [-0.4, -0.2) is 16.7 Å². The molecule has 0 atom stereocenters. The summed E-state index contributed by atoms with van der Waals surface area (Å²) < 4.78 is 46.2. The molecule has 0 aliphatic rings. The Morgan fingerprint density at radius 3 is 2.62 bits per heavy atom. The maximum absolute atomic E-state index is 13.1. The summed E-state index contributed by atoms with van der Waals surface area (Å²) in [6.07, 6.45) is -1.75. The molecule has 0 aliphatic heterocycles. The van der Waals surface area contributed by atoms with E-state index in [1.807, 2.05) is 6.07 Å². The first-order valence-corrected chi connectivity index (χ1v) is 7.64. The summed E-state index contributed by atoms with van der Waals surface area (Å²) in [5.74, 6) is 0.201. The summed E-state index contributed by atoms with van der Waals surface area (Å²) >= 11 is 0. The van der Waals surface area contributed by atoms with Crippen LogP contribution in [0, 0.1) is 5.21 Å². The predicted molar refractivity (Wildman–Crippen MR) is 88.6 cm³/mol. The SMILES string of the molecule is COc1ccc(-c2ccc3c[n+]([O-])ccc3c2)c2cc(C(F)(F)F)nn12. The zero-order valence-corrected chi connectivity index (χ0v) is 13.5. The molecule has 0 saturated carbocycles. The summed E-state index contributed by atoms with van der Waals surface area (Å²) in [7, 11) is 1.37. The van der Waals surface area contributed by atoms with Crippen LogP contribution in [0.25, 0.3) is 27.4 Å². The Morgan fingerprint density at radius 2 is 1.88 bits per heavy atom. The Labute approximate surface area is 145 Å². The summed E-state index contributed by atoms with van der Waals surface area (Å²) in [5.41, 5.74) is 0.583. The Hall–Kier alpha value is -3.29. The summed E-state index contributed by atoms with van der Waals surface area (Å²) in [6.45, 7) is 0. The highest BCUT2D eigenvalue weighted by Gasteiger charge is 2.34. The number of aromatic nitrogens is 3. The third kappa shape index (κ3) is 2.59. The zero-order chi connectivity index (χ0) is 18.5. The molecule has 3 aromatic heterocycles. The van der Waals surface area contributed by atoms with Crippen molar-refractivity contribution >= 4 is 16.3 Å². The van der Waals surface area contributed by atoms with Crippen molar-refractivity contribution in [3.05, 3.63) is 65.8 Å². The molecular formula is C18H12F3N3O2. The van der Waals surface area contributed by atoms with Gasteiger partial charge in [-0.15, -0.1) is 0 Å². The van der Waals surface area contributed by atoms with E-state index >= 15 is 0 Å². The molecule has 4 rings (SSSR count). The first-order valence-electron chi connectivity index (χ1n) is 7.64. The van der Waals surface area contributed by atoms with Crippen molar-refractivity contribution in [1.29, 1.82) is 0 Å². The molecule has 0 radical (unpaired) electrons. The fourth-order valence-corrected chi connectivity index (χ4v) is 2.93. The number of pyridine rings is 2. The number of rotatable bonds is 2. The number of benzene rings is 1. The van der Waals surface area contributed by atoms with Gasteiger partial charge in [-0.2, -0.15) is 27.5 Å². The van der Waals surface area contributed by atoms with Gasteiger partial charge in [-0.1, -0.05) is 6.07 Å². The smallest absolute Gasteiger partial charge is 0.435 e. The average Bonchev–Trinajstić information content (AvgIpc) is 3.06. The highest BCUT2D eigenvalue weighted by molar-refractivity contribution is 5.90. The van der Waals surface area contributed by atoms with Crippen LogP contribution in [0.2, 0.25) is 0 Å². The van der Waals surface area contributed by atoms with Gasteiger partial charge in [0.05, 0.1) is 12.6 Å². The molecule has 0 amide bonds. The topological polar surface area (TPSA) is 53.5 Å². The number of halogens is 3. The van der Waals surface area contributed by atoms with Crippen LogP contribution in [0.1, 0.15) is 5.69 Å². The quantitative estimate of drug-likeness (QED) is 0.404. The predicted octanol–water partition coefficient (Wildman–Crippen LogP) is 3.82. The minimum atomic E-state index is -4.56. The molecular weight excluding hydrogens is 347 g/mol. The number of alkyl halides is 3. The highest BCUT2D eigenvalue weighted by atomic mass is 19.4. The Balaban J connectivity index is 1.96. The standard InChI is InChI=1S/C18H12F3N3O2/c1-26-17-5-4-14(15-9-16(18(19,20)21)22-24(15)17)12-2-3-13-10-23(25)7-6-11(13)8-12/h2-10H,1H3. The van der Waals surface area contributed by atoms with Gasteiger partial charge in [0.25, 0.3) is 0 Å². The van der Waals surface area contributed by atoms with E-state index < -0.39 is 11.9 Å². The fourth-order valence-electron chi connectivity index (χ4n) is 2.93. The second-order valence-electron chi connectivity index (χ2n) is 5.76. The lowest BCUT2D eigenvalue weighted by molar-refractivity contribution is -0.603. The first-order chi connectivity index (χ1) is 12.4. The summed E-state index contributed by atoms with van der Waals surface area (Å²) in [4.78, 5) is 0. The van der Waals surface area contributed by atoms with E-state index in [4.69, 9.17) is 4.74 Å². The molecule has 0 unspecified atom stereocenters. The number of nitrogens with zero attached hydrogens (tertiary/aromatic N) is 3. The van der Waals surface area contributed by atoms with Gasteiger partial charge in [0.1, 0.15) is 0 Å². The Kier molecular flexibility index (Phi) is 3.50. The fraction of sp³-hybridized carbons (Fsp3) is 0.111. The minimum Gasteiger partial charge on any atom is -0.619 e. The molecule has 0 aliphatic carbocycles.